The largest absolute Gasteiger partial charge is 0.455 e. The maximum absolute atomic E-state index is 6.58. The van der Waals surface area contributed by atoms with Crippen LogP contribution >= 0.6 is 0 Å². The van der Waals surface area contributed by atoms with Crippen molar-refractivity contribution >= 4 is 21.9 Å². The van der Waals surface area contributed by atoms with Crippen LogP contribution < -0.4 is 0 Å². The van der Waals surface area contributed by atoms with E-state index in [1.807, 2.05) is 36.4 Å². The first-order valence-electron chi connectivity index (χ1n) is 18.6. The third kappa shape index (κ3) is 6.28. The smallest absolute Gasteiger partial charge is 0.160 e. The molecule has 10 aromatic rings. The number of para-hydroxylation sites is 2. The van der Waals surface area contributed by atoms with Gasteiger partial charge in [-0.1, -0.05) is 170 Å². The Morgan fingerprint density at radius 2 is 0.764 bits per heavy atom. The summed E-state index contributed by atoms with van der Waals surface area (Å²) in [5, 5.41) is 2.21. The Morgan fingerprint density at radius 1 is 0.291 bits per heavy atom. The number of rotatable bonds is 7. The molecule has 0 radical (unpaired) electrons. The highest BCUT2D eigenvalue weighted by atomic mass is 16.3. The topological polar surface area (TPSA) is 38.9 Å². The Morgan fingerprint density at radius 3 is 1.49 bits per heavy atom. The van der Waals surface area contributed by atoms with E-state index in [1.165, 1.54) is 16.7 Å². The highest BCUT2D eigenvalue weighted by Crippen LogP contribution is 2.40. The second kappa shape index (κ2) is 13.9. The molecule has 0 atom stereocenters. The maximum atomic E-state index is 6.58. The van der Waals surface area contributed by atoms with Gasteiger partial charge in [0.25, 0.3) is 0 Å². The Balaban J connectivity index is 1.18. The third-order valence-corrected chi connectivity index (χ3v) is 10.3. The van der Waals surface area contributed by atoms with Crippen LogP contribution in [0.15, 0.2) is 211 Å². The monoisotopic (exact) mass is 702 g/mol. The van der Waals surface area contributed by atoms with E-state index in [4.69, 9.17) is 14.4 Å². The average Bonchev–Trinajstić information content (AvgIpc) is 3.66. The molecule has 10 rings (SSSR count). The van der Waals surface area contributed by atoms with Gasteiger partial charge in [0.2, 0.25) is 0 Å². The zero-order valence-corrected chi connectivity index (χ0v) is 29.9. The van der Waals surface area contributed by atoms with Crippen LogP contribution in [0.25, 0.3) is 100 Å². The number of fused-ring (bicyclic) bond motifs is 3. The van der Waals surface area contributed by atoms with Gasteiger partial charge in [-0.05, 0) is 75.3 Å². The van der Waals surface area contributed by atoms with Crippen molar-refractivity contribution in [1.29, 1.82) is 0 Å². The minimum atomic E-state index is 0.678. The number of nitrogens with zero attached hydrogens (tertiary/aromatic N) is 2. The van der Waals surface area contributed by atoms with Crippen molar-refractivity contribution in [3.8, 4) is 78.4 Å². The lowest BCUT2D eigenvalue weighted by Crippen LogP contribution is -1.96. The van der Waals surface area contributed by atoms with E-state index >= 15 is 0 Å². The zero-order chi connectivity index (χ0) is 36.6. The standard InChI is InChI=1S/C52H34N2O/c1-4-14-35(15-5-1)37-26-28-38(29-27-37)48-34-49(54-52(53-48)39-18-8-3-9-19-39)44-32-42(41-21-12-20-40(30-41)36-16-6-2-7-17-36)31-43(33-44)45-23-13-24-47-46-22-10-11-25-50(46)55-51(45)47/h1-34H. The molecular weight excluding hydrogens is 669 g/mol. The average molecular weight is 703 g/mol. The van der Waals surface area contributed by atoms with Crippen LogP contribution in [-0.2, 0) is 0 Å². The number of benzene rings is 8. The third-order valence-electron chi connectivity index (χ3n) is 10.3. The van der Waals surface area contributed by atoms with E-state index in [0.29, 0.717) is 5.82 Å². The molecule has 0 aliphatic heterocycles. The van der Waals surface area contributed by atoms with E-state index in [0.717, 1.165) is 77.8 Å². The fourth-order valence-corrected chi connectivity index (χ4v) is 7.50. The molecular formula is C52H34N2O. The Bertz CT molecular complexity index is 2950. The van der Waals surface area contributed by atoms with Crippen molar-refractivity contribution in [3.63, 3.8) is 0 Å². The molecule has 2 heterocycles. The molecule has 0 saturated carbocycles. The molecule has 2 aromatic heterocycles. The quantitative estimate of drug-likeness (QED) is 0.166. The van der Waals surface area contributed by atoms with Gasteiger partial charge >= 0.3 is 0 Å². The first-order chi connectivity index (χ1) is 27.2. The molecule has 0 saturated heterocycles. The molecule has 55 heavy (non-hydrogen) atoms. The van der Waals surface area contributed by atoms with Crippen molar-refractivity contribution in [2.24, 2.45) is 0 Å². The van der Waals surface area contributed by atoms with E-state index in [9.17, 15) is 0 Å². The summed E-state index contributed by atoms with van der Waals surface area (Å²) in [5.74, 6) is 0.678. The van der Waals surface area contributed by atoms with Crippen LogP contribution in [0.4, 0.5) is 0 Å². The molecule has 0 fully saturated rings. The lowest BCUT2D eigenvalue weighted by atomic mass is 9.92. The van der Waals surface area contributed by atoms with Gasteiger partial charge in [0.1, 0.15) is 11.2 Å². The highest BCUT2D eigenvalue weighted by molar-refractivity contribution is 6.09. The summed E-state index contributed by atoms with van der Waals surface area (Å²) >= 11 is 0. The fraction of sp³-hybridized carbons (Fsp3) is 0. The van der Waals surface area contributed by atoms with E-state index < -0.39 is 0 Å². The SMILES string of the molecule is c1ccc(-c2ccc(-c3cc(-c4cc(-c5cccc(-c6ccccc6)c5)cc(-c5cccc6c5oc5ccccc56)c4)nc(-c4ccccc4)n3)cc2)cc1. The normalized spacial score (nSPS) is 11.3. The Hall–Kier alpha value is -7.36. The van der Waals surface area contributed by atoms with Crippen molar-refractivity contribution in [3.05, 3.63) is 206 Å². The highest BCUT2D eigenvalue weighted by Gasteiger charge is 2.17. The van der Waals surface area contributed by atoms with Gasteiger partial charge in [-0.25, -0.2) is 9.97 Å². The minimum absolute atomic E-state index is 0.678. The predicted octanol–water partition coefficient (Wildman–Crippen LogP) is 14.0. The van der Waals surface area contributed by atoms with Crippen molar-refractivity contribution in [2.75, 3.05) is 0 Å². The molecule has 3 nitrogen and oxygen atoms in total. The molecule has 258 valence electrons. The van der Waals surface area contributed by atoms with E-state index in [1.54, 1.807) is 0 Å². The van der Waals surface area contributed by atoms with Gasteiger partial charge in [-0.3, -0.25) is 0 Å². The molecule has 0 spiro atoms. The zero-order valence-electron chi connectivity index (χ0n) is 29.9. The molecule has 8 aromatic carbocycles. The maximum Gasteiger partial charge on any atom is 0.160 e. The molecule has 0 N–H and O–H groups in total. The van der Waals surface area contributed by atoms with Crippen LogP contribution in [-0.4, -0.2) is 9.97 Å². The second-order valence-electron chi connectivity index (χ2n) is 13.8. The molecule has 0 amide bonds. The number of hydrogen-bond acceptors (Lipinski definition) is 3. The Labute approximate surface area is 319 Å². The lowest BCUT2D eigenvalue weighted by Gasteiger charge is -2.14. The summed E-state index contributed by atoms with van der Waals surface area (Å²) in [4.78, 5) is 10.4. The first kappa shape index (κ1) is 32.3. The van der Waals surface area contributed by atoms with Crippen LogP contribution in [0.5, 0.6) is 0 Å². The molecule has 3 heteroatoms. The van der Waals surface area contributed by atoms with E-state index in [2.05, 4.69) is 170 Å². The fourth-order valence-electron chi connectivity index (χ4n) is 7.50. The minimum Gasteiger partial charge on any atom is -0.455 e. The van der Waals surface area contributed by atoms with Gasteiger partial charge in [0.15, 0.2) is 5.82 Å². The summed E-state index contributed by atoms with van der Waals surface area (Å²) in [6.45, 7) is 0. The predicted molar refractivity (Wildman–Crippen MR) is 227 cm³/mol. The molecule has 0 aliphatic carbocycles. The van der Waals surface area contributed by atoms with Crippen molar-refractivity contribution < 1.29 is 4.42 Å². The first-order valence-corrected chi connectivity index (χ1v) is 18.6. The summed E-state index contributed by atoms with van der Waals surface area (Å²) in [5.41, 5.74) is 15.4. The number of furan rings is 1. The molecule has 0 unspecified atom stereocenters. The van der Waals surface area contributed by atoms with Crippen molar-refractivity contribution in [1.82, 2.24) is 9.97 Å². The van der Waals surface area contributed by atoms with Crippen LogP contribution in [0.1, 0.15) is 0 Å². The van der Waals surface area contributed by atoms with Gasteiger partial charge in [0, 0.05) is 33.0 Å². The molecule has 0 aliphatic rings. The van der Waals surface area contributed by atoms with E-state index in [-0.39, 0.29) is 0 Å². The van der Waals surface area contributed by atoms with Crippen LogP contribution in [0.3, 0.4) is 0 Å². The summed E-state index contributed by atoms with van der Waals surface area (Å²) in [7, 11) is 0. The summed E-state index contributed by atoms with van der Waals surface area (Å²) in [6, 6.07) is 72.2. The second-order valence-corrected chi connectivity index (χ2v) is 13.8. The van der Waals surface area contributed by atoms with Crippen molar-refractivity contribution in [2.45, 2.75) is 0 Å². The lowest BCUT2D eigenvalue weighted by molar-refractivity contribution is 0.670. The summed E-state index contributed by atoms with van der Waals surface area (Å²) in [6.07, 6.45) is 0. The van der Waals surface area contributed by atoms with Crippen LogP contribution in [0.2, 0.25) is 0 Å². The molecule has 0 bridgehead atoms. The van der Waals surface area contributed by atoms with Gasteiger partial charge in [-0.15, -0.1) is 0 Å². The Kier molecular flexibility index (Phi) is 8.16. The number of hydrogen-bond donors (Lipinski definition) is 0. The van der Waals surface area contributed by atoms with Gasteiger partial charge in [0.05, 0.1) is 11.4 Å². The van der Waals surface area contributed by atoms with Gasteiger partial charge in [-0.2, -0.15) is 0 Å². The summed E-state index contributed by atoms with van der Waals surface area (Å²) < 4.78 is 6.58. The number of aromatic nitrogens is 2. The van der Waals surface area contributed by atoms with Crippen LogP contribution in [0, 0.1) is 0 Å². The van der Waals surface area contributed by atoms with Gasteiger partial charge < -0.3 is 4.42 Å².